The fraction of sp³-hybridized carbons (Fsp3) is 0.0476. The minimum atomic E-state index is -0.445. The van der Waals surface area contributed by atoms with E-state index in [0.717, 1.165) is 11.1 Å². The highest BCUT2D eigenvalue weighted by atomic mass is 16.6. The van der Waals surface area contributed by atoms with Crippen molar-refractivity contribution < 1.29 is 14.5 Å². The molecular formula is C21H16N2O4. The van der Waals surface area contributed by atoms with Gasteiger partial charge in [0.1, 0.15) is 5.69 Å². The highest BCUT2D eigenvalue weighted by molar-refractivity contribution is 5.91. The van der Waals surface area contributed by atoms with Crippen molar-refractivity contribution in [3.63, 3.8) is 0 Å². The Labute approximate surface area is 155 Å². The number of nitro benzene ring substituents is 1. The fourth-order valence-corrected chi connectivity index (χ4v) is 2.56. The topological polar surface area (TPSA) is 81.8 Å². The summed E-state index contributed by atoms with van der Waals surface area (Å²) in [5.41, 5.74) is 2.98. The van der Waals surface area contributed by atoms with Crippen LogP contribution in [0.2, 0.25) is 0 Å². The maximum absolute atomic E-state index is 11.4. The van der Waals surface area contributed by atoms with Gasteiger partial charge in [-0.1, -0.05) is 48.5 Å². The van der Waals surface area contributed by atoms with Crippen LogP contribution in [-0.4, -0.2) is 24.2 Å². The van der Waals surface area contributed by atoms with Crippen molar-refractivity contribution in [2.24, 2.45) is 4.99 Å². The molecule has 0 spiro atoms. The standard InChI is InChI=1S/C21H16N2O4/c1-27-21(24)17-9-7-15(8-10-17)14-22-19-12-11-18(13-20(19)23(25)26)16-5-3-2-4-6-16/h2-14H,1H3/b22-14-. The van der Waals surface area contributed by atoms with Crippen molar-refractivity contribution in [3.05, 3.63) is 94.0 Å². The fourth-order valence-electron chi connectivity index (χ4n) is 2.56. The molecule has 0 heterocycles. The lowest BCUT2D eigenvalue weighted by Crippen LogP contribution is -2.00. The highest BCUT2D eigenvalue weighted by Gasteiger charge is 2.14. The molecule has 0 aliphatic heterocycles. The Morgan fingerprint density at radius 3 is 2.33 bits per heavy atom. The quantitative estimate of drug-likeness (QED) is 0.283. The number of ether oxygens (including phenoxy) is 1. The molecule has 6 nitrogen and oxygen atoms in total. The van der Waals surface area contributed by atoms with Gasteiger partial charge in [-0.3, -0.25) is 10.1 Å². The van der Waals surface area contributed by atoms with E-state index in [1.165, 1.54) is 19.4 Å². The van der Waals surface area contributed by atoms with Crippen LogP contribution in [0.4, 0.5) is 11.4 Å². The van der Waals surface area contributed by atoms with Gasteiger partial charge in [-0.15, -0.1) is 0 Å². The van der Waals surface area contributed by atoms with Crippen LogP contribution >= 0.6 is 0 Å². The van der Waals surface area contributed by atoms with Crippen LogP contribution in [0.25, 0.3) is 11.1 Å². The van der Waals surface area contributed by atoms with Gasteiger partial charge >= 0.3 is 5.97 Å². The molecule has 0 amide bonds. The molecule has 3 aromatic rings. The second-order valence-electron chi connectivity index (χ2n) is 5.70. The third kappa shape index (κ3) is 4.24. The van der Waals surface area contributed by atoms with E-state index in [1.807, 2.05) is 30.3 Å². The van der Waals surface area contributed by atoms with Gasteiger partial charge in [-0.05, 0) is 34.9 Å². The Bertz CT molecular complexity index is 996. The Balaban J connectivity index is 1.89. The monoisotopic (exact) mass is 360 g/mol. The first-order valence-corrected chi connectivity index (χ1v) is 8.15. The molecule has 0 aromatic heterocycles. The number of rotatable bonds is 5. The number of aliphatic imine (C=N–C) groups is 1. The number of nitro groups is 1. The molecular weight excluding hydrogens is 344 g/mol. The summed E-state index contributed by atoms with van der Waals surface area (Å²) in [6.45, 7) is 0. The molecule has 0 saturated heterocycles. The number of carbonyl (C=O) groups is 1. The third-order valence-electron chi connectivity index (χ3n) is 3.96. The van der Waals surface area contributed by atoms with Crippen LogP contribution in [0.3, 0.4) is 0 Å². The van der Waals surface area contributed by atoms with Crippen LogP contribution < -0.4 is 0 Å². The first kappa shape index (κ1) is 18.0. The van der Waals surface area contributed by atoms with E-state index in [1.54, 1.807) is 36.4 Å². The van der Waals surface area contributed by atoms with Crippen LogP contribution in [0.5, 0.6) is 0 Å². The molecule has 0 saturated carbocycles. The van der Waals surface area contributed by atoms with Gasteiger partial charge in [0.15, 0.2) is 0 Å². The number of nitrogens with zero attached hydrogens (tertiary/aromatic N) is 2. The van der Waals surface area contributed by atoms with Gasteiger partial charge in [0.05, 0.1) is 17.6 Å². The van der Waals surface area contributed by atoms with Crippen molar-refractivity contribution >= 4 is 23.6 Å². The van der Waals surface area contributed by atoms with Gasteiger partial charge in [0, 0.05) is 12.3 Å². The summed E-state index contributed by atoms with van der Waals surface area (Å²) in [6, 6.07) is 21.0. The summed E-state index contributed by atoms with van der Waals surface area (Å²) in [4.78, 5) is 26.7. The van der Waals surface area contributed by atoms with Gasteiger partial charge in [-0.25, -0.2) is 9.79 Å². The zero-order valence-electron chi connectivity index (χ0n) is 14.5. The maximum atomic E-state index is 11.4. The normalized spacial score (nSPS) is 10.7. The van der Waals surface area contributed by atoms with Crippen LogP contribution in [0, 0.1) is 10.1 Å². The van der Waals surface area contributed by atoms with E-state index in [0.29, 0.717) is 11.1 Å². The van der Waals surface area contributed by atoms with E-state index in [4.69, 9.17) is 0 Å². The summed E-state index contributed by atoms with van der Waals surface area (Å²) >= 11 is 0. The number of benzene rings is 3. The van der Waals surface area contributed by atoms with E-state index in [-0.39, 0.29) is 11.4 Å². The largest absolute Gasteiger partial charge is 0.465 e. The molecule has 0 aliphatic carbocycles. The lowest BCUT2D eigenvalue weighted by molar-refractivity contribution is -0.384. The zero-order chi connectivity index (χ0) is 19.2. The van der Waals surface area contributed by atoms with Crippen molar-refractivity contribution in [2.75, 3.05) is 7.11 Å². The van der Waals surface area contributed by atoms with Crippen molar-refractivity contribution in [1.82, 2.24) is 0 Å². The zero-order valence-corrected chi connectivity index (χ0v) is 14.5. The molecule has 6 heteroatoms. The number of hydrogen-bond acceptors (Lipinski definition) is 5. The predicted octanol–water partition coefficient (Wildman–Crippen LogP) is 4.80. The number of hydrogen-bond donors (Lipinski definition) is 0. The summed E-state index contributed by atoms with van der Waals surface area (Å²) in [7, 11) is 1.32. The first-order valence-electron chi connectivity index (χ1n) is 8.15. The average Bonchev–Trinajstić information content (AvgIpc) is 2.72. The first-order chi connectivity index (χ1) is 13.1. The molecule has 0 radical (unpaired) electrons. The molecule has 0 bridgehead atoms. The molecule has 134 valence electrons. The van der Waals surface area contributed by atoms with Crippen molar-refractivity contribution in [3.8, 4) is 11.1 Å². The Kier molecular flexibility index (Phi) is 5.37. The molecule has 0 unspecified atom stereocenters. The SMILES string of the molecule is COC(=O)c1ccc(/C=N\c2ccc(-c3ccccc3)cc2[N+](=O)[O-])cc1. The van der Waals surface area contributed by atoms with E-state index in [9.17, 15) is 14.9 Å². The molecule has 0 N–H and O–H groups in total. The Hall–Kier alpha value is -3.80. The Morgan fingerprint density at radius 2 is 1.70 bits per heavy atom. The van der Waals surface area contributed by atoms with Crippen molar-refractivity contribution in [1.29, 1.82) is 0 Å². The number of esters is 1. The minimum absolute atomic E-state index is 0.0706. The Morgan fingerprint density at radius 1 is 1.00 bits per heavy atom. The molecule has 0 aliphatic rings. The third-order valence-corrected chi connectivity index (χ3v) is 3.96. The molecule has 27 heavy (non-hydrogen) atoms. The molecule has 0 atom stereocenters. The van der Waals surface area contributed by atoms with Gasteiger partial charge in [0.2, 0.25) is 0 Å². The molecule has 0 fully saturated rings. The van der Waals surface area contributed by atoms with Gasteiger partial charge < -0.3 is 4.74 Å². The lowest BCUT2D eigenvalue weighted by atomic mass is 10.0. The van der Waals surface area contributed by atoms with Crippen molar-refractivity contribution in [2.45, 2.75) is 0 Å². The number of carbonyl (C=O) groups excluding carboxylic acids is 1. The van der Waals surface area contributed by atoms with Gasteiger partial charge in [0.25, 0.3) is 5.69 Å². The maximum Gasteiger partial charge on any atom is 0.337 e. The van der Waals surface area contributed by atoms with Gasteiger partial charge in [-0.2, -0.15) is 0 Å². The second-order valence-corrected chi connectivity index (χ2v) is 5.70. The highest BCUT2D eigenvalue weighted by Crippen LogP contribution is 2.32. The molecule has 3 rings (SSSR count). The summed E-state index contributed by atoms with van der Waals surface area (Å²) in [6.07, 6.45) is 1.52. The van der Waals surface area contributed by atoms with E-state index < -0.39 is 10.9 Å². The molecule has 3 aromatic carbocycles. The predicted molar refractivity (Wildman–Crippen MR) is 104 cm³/mol. The van der Waals surface area contributed by atoms with Crippen LogP contribution in [0.1, 0.15) is 15.9 Å². The average molecular weight is 360 g/mol. The van der Waals surface area contributed by atoms with E-state index >= 15 is 0 Å². The second kappa shape index (κ2) is 8.05. The smallest absolute Gasteiger partial charge is 0.337 e. The van der Waals surface area contributed by atoms with E-state index in [2.05, 4.69) is 9.73 Å². The lowest BCUT2D eigenvalue weighted by Gasteiger charge is -2.04. The van der Waals surface area contributed by atoms with Crippen LogP contribution in [0.15, 0.2) is 77.8 Å². The van der Waals surface area contributed by atoms with Crippen LogP contribution in [-0.2, 0) is 4.74 Å². The summed E-state index contributed by atoms with van der Waals surface area (Å²) < 4.78 is 4.65. The summed E-state index contributed by atoms with van der Waals surface area (Å²) in [5.74, 6) is -0.425. The minimum Gasteiger partial charge on any atom is -0.465 e. The summed E-state index contributed by atoms with van der Waals surface area (Å²) in [5, 5.41) is 11.4. The number of methoxy groups -OCH3 is 1.